The maximum Gasteiger partial charge on any atom is 0.0890 e. The Kier molecular flexibility index (Phi) is 3.81. The number of hydrogen-bond donors (Lipinski definition) is 1. The van der Waals surface area contributed by atoms with Crippen LogP contribution in [-0.4, -0.2) is 9.53 Å². The SMILES string of the molecule is OC(CI)c1ccccc1Br. The van der Waals surface area contributed by atoms with E-state index >= 15 is 0 Å². The van der Waals surface area contributed by atoms with Gasteiger partial charge < -0.3 is 5.11 Å². The zero-order chi connectivity index (χ0) is 8.27. The largest absolute Gasteiger partial charge is 0.388 e. The molecular weight excluding hydrogens is 319 g/mol. The smallest absolute Gasteiger partial charge is 0.0890 e. The minimum absolute atomic E-state index is 0.355. The van der Waals surface area contributed by atoms with Gasteiger partial charge in [0.2, 0.25) is 0 Å². The van der Waals surface area contributed by atoms with Gasteiger partial charge in [0.05, 0.1) is 6.10 Å². The lowest BCUT2D eigenvalue weighted by molar-refractivity contribution is 0.206. The van der Waals surface area contributed by atoms with Crippen molar-refractivity contribution in [3.8, 4) is 0 Å². The maximum absolute atomic E-state index is 9.47. The van der Waals surface area contributed by atoms with Crippen LogP contribution in [0.15, 0.2) is 28.7 Å². The van der Waals surface area contributed by atoms with Crippen molar-refractivity contribution in [2.24, 2.45) is 0 Å². The van der Waals surface area contributed by atoms with Gasteiger partial charge in [0.25, 0.3) is 0 Å². The van der Waals surface area contributed by atoms with Gasteiger partial charge in [0, 0.05) is 8.90 Å². The van der Waals surface area contributed by atoms with E-state index in [0.717, 1.165) is 14.5 Å². The standard InChI is InChI=1S/C8H8BrIO/c9-7-4-2-1-3-6(7)8(11)5-10/h1-4,8,11H,5H2. The third-order valence-electron chi connectivity index (χ3n) is 1.41. The van der Waals surface area contributed by atoms with Crippen LogP contribution in [-0.2, 0) is 0 Å². The van der Waals surface area contributed by atoms with Crippen molar-refractivity contribution >= 4 is 38.5 Å². The zero-order valence-corrected chi connectivity index (χ0v) is 9.54. The second-order valence-corrected chi connectivity index (χ2v) is 3.93. The van der Waals surface area contributed by atoms with Crippen LogP contribution >= 0.6 is 38.5 Å². The number of rotatable bonds is 2. The summed E-state index contributed by atoms with van der Waals surface area (Å²) in [5, 5.41) is 9.47. The highest BCUT2D eigenvalue weighted by Crippen LogP contribution is 2.23. The summed E-state index contributed by atoms with van der Waals surface area (Å²) in [4.78, 5) is 0. The fourth-order valence-corrected chi connectivity index (χ4v) is 1.85. The molecule has 0 aliphatic heterocycles. The van der Waals surface area contributed by atoms with Crippen LogP contribution < -0.4 is 0 Å². The monoisotopic (exact) mass is 326 g/mol. The lowest BCUT2D eigenvalue weighted by atomic mass is 10.1. The molecule has 3 heteroatoms. The first-order valence-corrected chi connectivity index (χ1v) is 5.56. The molecule has 0 fully saturated rings. The van der Waals surface area contributed by atoms with Crippen molar-refractivity contribution in [3.63, 3.8) is 0 Å². The quantitative estimate of drug-likeness (QED) is 0.654. The van der Waals surface area contributed by atoms with Gasteiger partial charge in [-0.2, -0.15) is 0 Å². The van der Waals surface area contributed by atoms with Crippen molar-refractivity contribution in [1.29, 1.82) is 0 Å². The van der Waals surface area contributed by atoms with E-state index in [4.69, 9.17) is 0 Å². The van der Waals surface area contributed by atoms with Crippen LogP contribution in [0.5, 0.6) is 0 Å². The highest BCUT2D eigenvalue weighted by molar-refractivity contribution is 14.1. The van der Waals surface area contributed by atoms with Gasteiger partial charge in [0.1, 0.15) is 0 Å². The lowest BCUT2D eigenvalue weighted by Crippen LogP contribution is -1.98. The molecule has 0 spiro atoms. The van der Waals surface area contributed by atoms with Gasteiger partial charge in [-0.3, -0.25) is 0 Å². The summed E-state index contributed by atoms with van der Waals surface area (Å²) in [5.41, 5.74) is 0.960. The average Bonchev–Trinajstić information content (AvgIpc) is 2.04. The van der Waals surface area contributed by atoms with E-state index in [2.05, 4.69) is 38.5 Å². The summed E-state index contributed by atoms with van der Waals surface area (Å²) in [7, 11) is 0. The van der Waals surface area contributed by atoms with E-state index in [1.807, 2.05) is 24.3 Å². The molecule has 0 aliphatic carbocycles. The zero-order valence-electron chi connectivity index (χ0n) is 5.80. The van der Waals surface area contributed by atoms with Crippen molar-refractivity contribution in [1.82, 2.24) is 0 Å². The Labute approximate surface area is 88.1 Å². The Bertz CT molecular complexity index is 239. The molecule has 1 N–H and O–H groups in total. The van der Waals surface area contributed by atoms with Crippen LogP contribution in [0.25, 0.3) is 0 Å². The van der Waals surface area contributed by atoms with Crippen LogP contribution in [0, 0.1) is 0 Å². The normalized spacial score (nSPS) is 13.0. The van der Waals surface area contributed by atoms with Gasteiger partial charge in [0.15, 0.2) is 0 Å². The molecule has 60 valence electrons. The predicted molar refractivity (Wildman–Crippen MR) is 58.0 cm³/mol. The molecule has 0 radical (unpaired) electrons. The number of aliphatic hydroxyl groups is 1. The van der Waals surface area contributed by atoms with Crippen LogP contribution in [0.2, 0.25) is 0 Å². The van der Waals surface area contributed by atoms with Crippen LogP contribution in [0.1, 0.15) is 11.7 Å². The summed E-state index contributed by atoms with van der Waals surface area (Å²) in [6.45, 7) is 0. The first-order valence-electron chi connectivity index (χ1n) is 3.24. The fraction of sp³-hybridized carbons (Fsp3) is 0.250. The molecule has 0 heterocycles. The number of halogens is 2. The van der Waals surface area contributed by atoms with Gasteiger partial charge in [-0.05, 0) is 11.6 Å². The summed E-state index contributed by atoms with van der Waals surface area (Å²) in [6.07, 6.45) is -0.355. The van der Waals surface area contributed by atoms with Gasteiger partial charge in [-0.15, -0.1) is 0 Å². The molecule has 1 unspecified atom stereocenters. The van der Waals surface area contributed by atoms with Gasteiger partial charge >= 0.3 is 0 Å². The Morgan fingerprint density at radius 3 is 2.64 bits per heavy atom. The molecule has 0 bridgehead atoms. The highest BCUT2D eigenvalue weighted by atomic mass is 127. The molecule has 0 saturated heterocycles. The van der Waals surface area contributed by atoms with Gasteiger partial charge in [-0.25, -0.2) is 0 Å². The maximum atomic E-state index is 9.47. The Morgan fingerprint density at radius 2 is 2.09 bits per heavy atom. The topological polar surface area (TPSA) is 20.2 Å². The number of benzene rings is 1. The number of hydrogen-bond acceptors (Lipinski definition) is 1. The average molecular weight is 327 g/mol. The van der Waals surface area contributed by atoms with Crippen LogP contribution in [0.4, 0.5) is 0 Å². The Balaban J connectivity index is 2.93. The van der Waals surface area contributed by atoms with E-state index in [9.17, 15) is 5.11 Å². The van der Waals surface area contributed by atoms with Crippen molar-refractivity contribution < 1.29 is 5.11 Å². The fourth-order valence-electron chi connectivity index (χ4n) is 0.828. The van der Waals surface area contributed by atoms with Crippen molar-refractivity contribution in [2.45, 2.75) is 6.10 Å². The van der Waals surface area contributed by atoms with E-state index < -0.39 is 0 Å². The number of alkyl halides is 1. The minimum atomic E-state index is -0.355. The summed E-state index contributed by atoms with van der Waals surface area (Å²) < 4.78 is 1.70. The second kappa shape index (κ2) is 4.42. The van der Waals surface area contributed by atoms with E-state index in [1.54, 1.807) is 0 Å². The lowest BCUT2D eigenvalue weighted by Gasteiger charge is -2.08. The Morgan fingerprint density at radius 1 is 1.45 bits per heavy atom. The molecule has 1 rings (SSSR count). The molecule has 1 nitrogen and oxygen atoms in total. The molecule has 0 aliphatic rings. The molecule has 1 aromatic rings. The summed E-state index contributed by atoms with van der Waals surface area (Å²) >= 11 is 5.54. The molecule has 11 heavy (non-hydrogen) atoms. The second-order valence-electron chi connectivity index (χ2n) is 2.19. The highest BCUT2D eigenvalue weighted by Gasteiger charge is 2.07. The summed E-state index contributed by atoms with van der Waals surface area (Å²) in [5.74, 6) is 0. The minimum Gasteiger partial charge on any atom is -0.388 e. The molecular formula is C8H8BrIO. The number of aliphatic hydroxyl groups excluding tert-OH is 1. The predicted octanol–water partition coefficient (Wildman–Crippen LogP) is 2.92. The van der Waals surface area contributed by atoms with E-state index in [-0.39, 0.29) is 6.10 Å². The molecule has 1 aromatic carbocycles. The third-order valence-corrected chi connectivity index (χ3v) is 2.97. The molecule has 0 amide bonds. The summed E-state index contributed by atoms with van der Waals surface area (Å²) in [6, 6.07) is 7.72. The van der Waals surface area contributed by atoms with Crippen molar-refractivity contribution in [3.05, 3.63) is 34.3 Å². The molecule has 1 atom stereocenters. The van der Waals surface area contributed by atoms with E-state index in [0.29, 0.717) is 0 Å². The first-order chi connectivity index (χ1) is 5.25. The van der Waals surface area contributed by atoms with Gasteiger partial charge in [-0.1, -0.05) is 56.7 Å². The third kappa shape index (κ3) is 2.42. The molecule has 0 saturated carbocycles. The Hall–Kier alpha value is 0.390. The van der Waals surface area contributed by atoms with E-state index in [1.165, 1.54) is 0 Å². The molecule has 0 aromatic heterocycles. The van der Waals surface area contributed by atoms with Crippen LogP contribution in [0.3, 0.4) is 0 Å². The first kappa shape index (κ1) is 9.48. The van der Waals surface area contributed by atoms with Crippen molar-refractivity contribution in [2.75, 3.05) is 4.43 Å².